The Bertz CT molecular complexity index is 400. The second-order valence-electron chi connectivity index (χ2n) is 3.59. The summed E-state index contributed by atoms with van der Waals surface area (Å²) in [6.07, 6.45) is 7.56. The average molecular weight is 305 g/mol. The first-order chi connectivity index (χ1) is 7.09. The molecule has 0 unspecified atom stereocenters. The number of aryl methyl sites for hydroxylation is 2. The Balaban J connectivity index is 0. The topological polar surface area (TPSA) is 23.1 Å². The number of hydrogen-bond acceptors (Lipinski definition) is 1. The zero-order valence-corrected chi connectivity index (χ0v) is 12.9. The van der Waals surface area contributed by atoms with Crippen molar-refractivity contribution in [2.24, 2.45) is 0 Å². The first-order valence-corrected chi connectivity index (χ1v) is 5.69. The molecule has 0 amide bonds. The van der Waals surface area contributed by atoms with E-state index in [1.165, 1.54) is 10.3 Å². The molecule has 1 aromatic rings. The van der Waals surface area contributed by atoms with Crippen molar-refractivity contribution in [2.75, 3.05) is 0 Å². The molecule has 0 bridgehead atoms. The van der Waals surface area contributed by atoms with E-state index in [0.29, 0.717) is 0 Å². The summed E-state index contributed by atoms with van der Waals surface area (Å²) in [6.45, 7) is 3.74. The maximum absolute atomic E-state index is 10.8. The molecule has 0 fully saturated rings. The normalized spacial score (nSPS) is 11.6. The van der Waals surface area contributed by atoms with Crippen LogP contribution >= 0.6 is 0 Å². The maximum atomic E-state index is 10.8. The number of benzene rings is 1. The Hall–Kier alpha value is -0.206. The third-order valence-electron chi connectivity index (χ3n) is 2.11. The molecule has 0 heterocycles. The Kier molecular flexibility index (Phi) is 11.0. The molecule has 0 radical (unpaired) electrons. The van der Waals surface area contributed by atoms with Crippen LogP contribution in [0.15, 0.2) is 40.3 Å². The van der Waals surface area contributed by atoms with E-state index >= 15 is 0 Å². The fourth-order valence-electron chi connectivity index (χ4n) is 1.15. The first kappa shape index (κ1) is 19.1. The molecule has 1 aliphatic carbocycles. The molecule has 1 aliphatic rings. The number of halogens is 2. The van der Waals surface area contributed by atoms with Crippen LogP contribution in [0.3, 0.4) is 0 Å². The van der Waals surface area contributed by atoms with Crippen molar-refractivity contribution in [1.82, 2.24) is 0 Å². The zero-order chi connectivity index (χ0) is 11.3. The van der Waals surface area contributed by atoms with Crippen molar-refractivity contribution in [3.8, 4) is 5.75 Å². The van der Waals surface area contributed by atoms with Crippen molar-refractivity contribution in [3.05, 3.63) is 51.4 Å². The van der Waals surface area contributed by atoms with Crippen LogP contribution in [0.4, 0.5) is 0 Å². The van der Waals surface area contributed by atoms with Crippen LogP contribution in [-0.2, 0) is 20.4 Å². The summed E-state index contributed by atoms with van der Waals surface area (Å²) in [5.74, 6) is 0.134. The van der Waals surface area contributed by atoms with Gasteiger partial charge < -0.3 is 29.9 Å². The van der Waals surface area contributed by atoms with Gasteiger partial charge in [0.05, 0.1) is 0 Å². The molecule has 4 heteroatoms. The van der Waals surface area contributed by atoms with Crippen LogP contribution in [0.1, 0.15) is 17.5 Å². The summed E-state index contributed by atoms with van der Waals surface area (Å²) in [7, 11) is 0. The summed E-state index contributed by atoms with van der Waals surface area (Å²) in [5, 5.41) is 10.8. The summed E-state index contributed by atoms with van der Waals surface area (Å²) in [5.41, 5.74) is 1.85. The third kappa shape index (κ3) is 7.67. The van der Waals surface area contributed by atoms with Gasteiger partial charge >= 0.3 is 49.0 Å². The van der Waals surface area contributed by atoms with Crippen molar-refractivity contribution in [2.45, 2.75) is 20.3 Å². The van der Waals surface area contributed by atoms with E-state index in [9.17, 15) is 5.11 Å². The van der Waals surface area contributed by atoms with Crippen molar-refractivity contribution >= 4 is 0 Å². The van der Waals surface area contributed by atoms with E-state index in [0.717, 1.165) is 11.1 Å². The molecule has 0 saturated heterocycles. The fourth-order valence-corrected chi connectivity index (χ4v) is 1.49. The predicted octanol–water partition coefficient (Wildman–Crippen LogP) is -3.24. The van der Waals surface area contributed by atoms with Crippen LogP contribution < -0.4 is 29.9 Å². The molecule has 0 aliphatic heterocycles. The number of allylic oxidation sites excluding steroid dienone is 4. The van der Waals surface area contributed by atoms with Gasteiger partial charge in [0.15, 0.2) is 0 Å². The minimum absolute atomic E-state index is 0. The van der Waals surface area contributed by atoms with E-state index < -0.39 is 0 Å². The minimum atomic E-state index is 0. The molecule has 0 saturated carbocycles. The van der Waals surface area contributed by atoms with E-state index in [-0.39, 0.29) is 30.6 Å². The second-order valence-corrected chi connectivity index (χ2v) is 4.60. The van der Waals surface area contributed by atoms with Gasteiger partial charge in [0.25, 0.3) is 0 Å². The van der Waals surface area contributed by atoms with Crippen LogP contribution in [0.5, 0.6) is 5.75 Å². The Labute approximate surface area is 127 Å². The molecule has 1 nitrogen and oxygen atoms in total. The van der Waals surface area contributed by atoms with Gasteiger partial charge in [-0.3, -0.25) is 0 Å². The average Bonchev–Trinajstić information content (AvgIpc) is 2.64. The van der Waals surface area contributed by atoms with Crippen LogP contribution in [0.2, 0.25) is 0 Å². The third-order valence-corrected chi connectivity index (χ3v) is 2.69. The molecular weight excluding hydrogens is 291 g/mol. The standard InChI is InChI=1S/C8H10O.C5H5.2ClH.Ti/c1-6-3-4-7(2)8(9)5-6;1-2-4-5-3-1;;;/h3-5,9H,1-2H3;1-3H,4H2;2*1H;/q;;;;+3/p-3. The fraction of sp³-hybridized carbons (Fsp3) is 0.231. The van der Waals surface area contributed by atoms with Gasteiger partial charge in [-0.2, -0.15) is 0 Å². The van der Waals surface area contributed by atoms with Crippen LogP contribution in [0, 0.1) is 13.8 Å². The van der Waals surface area contributed by atoms with E-state index in [1.54, 1.807) is 6.07 Å². The summed E-state index contributed by atoms with van der Waals surface area (Å²) in [6, 6.07) is 5.43. The van der Waals surface area contributed by atoms with Gasteiger partial charge in [-0.25, -0.2) is 0 Å². The van der Waals surface area contributed by atoms with Crippen LogP contribution in [0.25, 0.3) is 0 Å². The molecule has 90 valence electrons. The van der Waals surface area contributed by atoms with Gasteiger partial charge in [0, 0.05) is 0 Å². The van der Waals surface area contributed by atoms with Crippen molar-refractivity contribution < 1.29 is 50.4 Å². The SMILES string of the molecule is Cc1ccc(C)c([O-])c1.[Cl-].[Cl-].[Ti+3][C]1=CC=CC1. The molecule has 0 spiro atoms. The molecule has 17 heavy (non-hydrogen) atoms. The predicted molar refractivity (Wildman–Crippen MR) is 57.2 cm³/mol. The molecule has 0 aromatic heterocycles. The summed E-state index contributed by atoms with van der Waals surface area (Å²) < 4.78 is 1.47. The Morgan fingerprint density at radius 2 is 1.82 bits per heavy atom. The number of hydrogen-bond donors (Lipinski definition) is 0. The molecule has 0 atom stereocenters. The molecular formula is C13H14Cl2OTi. The second kappa shape index (κ2) is 9.79. The van der Waals surface area contributed by atoms with Gasteiger partial charge in [0.1, 0.15) is 0 Å². The van der Waals surface area contributed by atoms with Gasteiger partial charge in [-0.1, -0.05) is 29.3 Å². The van der Waals surface area contributed by atoms with Crippen molar-refractivity contribution in [1.29, 1.82) is 0 Å². The molecule has 1 aromatic carbocycles. The van der Waals surface area contributed by atoms with E-state index in [4.69, 9.17) is 0 Å². The quantitative estimate of drug-likeness (QED) is 0.462. The van der Waals surface area contributed by atoms with Gasteiger partial charge in [-0.15, -0.1) is 5.75 Å². The van der Waals surface area contributed by atoms with Gasteiger partial charge in [0.2, 0.25) is 0 Å². The van der Waals surface area contributed by atoms with Gasteiger partial charge in [-0.05, 0) is 13.8 Å². The first-order valence-electron chi connectivity index (χ1n) is 4.91. The summed E-state index contributed by atoms with van der Waals surface area (Å²) in [4.78, 5) is 0. The monoisotopic (exact) mass is 304 g/mol. The van der Waals surface area contributed by atoms with Crippen LogP contribution in [-0.4, -0.2) is 0 Å². The Morgan fingerprint density at radius 3 is 2.12 bits per heavy atom. The molecule has 2 rings (SSSR count). The molecule has 0 N–H and O–H groups in total. The van der Waals surface area contributed by atoms with Crippen molar-refractivity contribution in [3.63, 3.8) is 0 Å². The summed E-state index contributed by atoms with van der Waals surface area (Å²) >= 11 is 2.14. The zero-order valence-electron chi connectivity index (χ0n) is 9.84. The van der Waals surface area contributed by atoms with E-state index in [2.05, 4.69) is 38.7 Å². The van der Waals surface area contributed by atoms with E-state index in [1.807, 2.05) is 26.0 Å². The number of rotatable bonds is 0. The Morgan fingerprint density at radius 1 is 1.18 bits per heavy atom.